The first-order chi connectivity index (χ1) is 6.32. The SMILES string of the molecule is CS(=O)(=O)c1ncc(Cl)c(C(=O)O)n1. The van der Waals surface area contributed by atoms with Crippen LogP contribution in [-0.4, -0.2) is 35.7 Å². The quantitative estimate of drug-likeness (QED) is 0.739. The summed E-state index contributed by atoms with van der Waals surface area (Å²) in [5.41, 5.74) is -0.526. The van der Waals surface area contributed by atoms with Crippen molar-refractivity contribution in [2.24, 2.45) is 0 Å². The summed E-state index contributed by atoms with van der Waals surface area (Å²) in [4.78, 5) is 17.2. The summed E-state index contributed by atoms with van der Waals surface area (Å²) in [6, 6.07) is 0. The van der Waals surface area contributed by atoms with E-state index in [0.717, 1.165) is 12.5 Å². The van der Waals surface area contributed by atoms with E-state index in [1.807, 2.05) is 0 Å². The molecule has 0 aliphatic carbocycles. The number of hydrogen-bond donors (Lipinski definition) is 1. The van der Waals surface area contributed by atoms with Crippen LogP contribution < -0.4 is 0 Å². The number of carboxylic acid groups (broad SMARTS) is 1. The fourth-order valence-electron chi connectivity index (χ4n) is 0.680. The molecule has 0 aromatic carbocycles. The Hall–Kier alpha value is -1.21. The molecule has 0 aliphatic heterocycles. The molecule has 1 aromatic rings. The summed E-state index contributed by atoms with van der Waals surface area (Å²) in [5.74, 6) is -1.40. The summed E-state index contributed by atoms with van der Waals surface area (Å²) in [6.07, 6.45) is 1.82. The predicted molar refractivity (Wildman–Crippen MR) is 47.1 cm³/mol. The minimum Gasteiger partial charge on any atom is -0.476 e. The zero-order valence-electron chi connectivity index (χ0n) is 6.93. The van der Waals surface area contributed by atoms with Crippen molar-refractivity contribution in [2.75, 3.05) is 6.26 Å². The molecule has 6 nitrogen and oxygen atoms in total. The first-order valence-corrected chi connectivity index (χ1v) is 5.55. The molecule has 0 amide bonds. The van der Waals surface area contributed by atoms with Gasteiger partial charge in [0.05, 0.1) is 11.2 Å². The molecule has 0 saturated heterocycles. The van der Waals surface area contributed by atoms with E-state index in [1.54, 1.807) is 0 Å². The number of sulfone groups is 1. The predicted octanol–water partition coefficient (Wildman–Crippen LogP) is 0.232. The molecule has 76 valence electrons. The molecule has 1 aromatic heterocycles. The molecule has 0 aliphatic rings. The number of aromatic carboxylic acids is 1. The van der Waals surface area contributed by atoms with Crippen LogP contribution in [-0.2, 0) is 9.84 Å². The van der Waals surface area contributed by atoms with E-state index >= 15 is 0 Å². The van der Waals surface area contributed by atoms with Gasteiger partial charge in [-0.05, 0) is 0 Å². The summed E-state index contributed by atoms with van der Waals surface area (Å²) in [6.45, 7) is 0. The lowest BCUT2D eigenvalue weighted by Crippen LogP contribution is -2.09. The van der Waals surface area contributed by atoms with Crippen molar-refractivity contribution in [2.45, 2.75) is 5.16 Å². The Kier molecular flexibility index (Phi) is 2.72. The lowest BCUT2D eigenvalue weighted by atomic mass is 10.4. The number of halogens is 1. The van der Waals surface area contributed by atoms with E-state index in [2.05, 4.69) is 9.97 Å². The number of nitrogens with zero attached hydrogens (tertiary/aromatic N) is 2. The summed E-state index contributed by atoms with van der Waals surface area (Å²) < 4.78 is 21.9. The third kappa shape index (κ3) is 2.18. The number of carboxylic acids is 1. The van der Waals surface area contributed by atoms with Crippen molar-refractivity contribution in [3.05, 3.63) is 16.9 Å². The summed E-state index contributed by atoms with van der Waals surface area (Å²) in [7, 11) is -3.62. The molecule has 0 fully saturated rings. The van der Waals surface area contributed by atoms with E-state index in [1.165, 1.54) is 0 Å². The average Bonchev–Trinajstić information content (AvgIpc) is 2.02. The summed E-state index contributed by atoms with van der Waals surface area (Å²) >= 11 is 5.44. The fourth-order valence-corrected chi connectivity index (χ4v) is 1.35. The van der Waals surface area contributed by atoms with Gasteiger partial charge in [0.1, 0.15) is 0 Å². The van der Waals surface area contributed by atoms with Gasteiger partial charge in [-0.15, -0.1) is 0 Å². The monoisotopic (exact) mass is 236 g/mol. The van der Waals surface area contributed by atoms with E-state index in [-0.39, 0.29) is 5.02 Å². The van der Waals surface area contributed by atoms with Crippen molar-refractivity contribution in [3.63, 3.8) is 0 Å². The standard InChI is InChI=1S/C6H5ClN2O4S/c1-14(12,13)6-8-2-3(7)4(9-6)5(10)11/h2H,1H3,(H,10,11). The highest BCUT2D eigenvalue weighted by molar-refractivity contribution is 7.90. The normalized spacial score (nSPS) is 11.3. The highest BCUT2D eigenvalue weighted by atomic mass is 35.5. The first kappa shape index (κ1) is 10.9. The van der Waals surface area contributed by atoms with Crippen molar-refractivity contribution in [3.8, 4) is 0 Å². The van der Waals surface area contributed by atoms with E-state index < -0.39 is 26.7 Å². The molecule has 1 heterocycles. The maximum atomic E-state index is 11.0. The van der Waals surface area contributed by atoms with Gasteiger partial charge in [-0.1, -0.05) is 11.6 Å². The maximum Gasteiger partial charge on any atom is 0.356 e. The maximum absolute atomic E-state index is 11.0. The second-order valence-corrected chi connectivity index (χ2v) is 4.74. The Bertz CT molecular complexity index is 485. The number of carbonyl (C=O) groups is 1. The van der Waals surface area contributed by atoms with Crippen LogP contribution >= 0.6 is 11.6 Å². The Morgan fingerprint density at radius 1 is 1.57 bits per heavy atom. The highest BCUT2D eigenvalue weighted by Gasteiger charge is 2.17. The van der Waals surface area contributed by atoms with Gasteiger partial charge in [-0.2, -0.15) is 0 Å². The highest BCUT2D eigenvalue weighted by Crippen LogP contribution is 2.13. The van der Waals surface area contributed by atoms with Crippen LogP contribution in [0.25, 0.3) is 0 Å². The molecule has 0 radical (unpaired) electrons. The van der Waals surface area contributed by atoms with Gasteiger partial charge in [-0.25, -0.2) is 23.2 Å². The fraction of sp³-hybridized carbons (Fsp3) is 0.167. The van der Waals surface area contributed by atoms with Crippen LogP contribution in [0.5, 0.6) is 0 Å². The number of aromatic nitrogens is 2. The molecule has 0 saturated carbocycles. The Morgan fingerprint density at radius 3 is 2.57 bits per heavy atom. The molecule has 0 unspecified atom stereocenters. The topological polar surface area (TPSA) is 97.2 Å². The zero-order chi connectivity index (χ0) is 10.9. The van der Waals surface area contributed by atoms with Gasteiger partial charge in [0.15, 0.2) is 5.69 Å². The van der Waals surface area contributed by atoms with Gasteiger partial charge in [0.2, 0.25) is 15.0 Å². The summed E-state index contributed by atoms with van der Waals surface area (Å²) in [5, 5.41) is 7.83. The zero-order valence-corrected chi connectivity index (χ0v) is 8.50. The molecule has 0 spiro atoms. The van der Waals surface area contributed by atoms with Crippen molar-refractivity contribution < 1.29 is 18.3 Å². The largest absolute Gasteiger partial charge is 0.476 e. The Labute approximate surface area is 84.5 Å². The number of rotatable bonds is 2. The molecule has 0 bridgehead atoms. The average molecular weight is 237 g/mol. The van der Waals surface area contributed by atoms with Gasteiger partial charge < -0.3 is 5.11 Å². The first-order valence-electron chi connectivity index (χ1n) is 3.28. The molecule has 14 heavy (non-hydrogen) atoms. The number of hydrogen-bond acceptors (Lipinski definition) is 5. The Balaban J connectivity index is 3.42. The van der Waals surface area contributed by atoms with Crippen molar-refractivity contribution in [1.29, 1.82) is 0 Å². The lowest BCUT2D eigenvalue weighted by molar-refractivity contribution is 0.0689. The second-order valence-electron chi connectivity index (χ2n) is 2.43. The van der Waals surface area contributed by atoms with Crippen LogP contribution in [0, 0.1) is 0 Å². The molecular weight excluding hydrogens is 232 g/mol. The van der Waals surface area contributed by atoms with Crippen LogP contribution in [0.15, 0.2) is 11.4 Å². The van der Waals surface area contributed by atoms with Crippen LogP contribution in [0.2, 0.25) is 5.02 Å². The van der Waals surface area contributed by atoms with Gasteiger partial charge >= 0.3 is 5.97 Å². The third-order valence-electron chi connectivity index (χ3n) is 1.26. The second kappa shape index (κ2) is 3.50. The van der Waals surface area contributed by atoms with Crippen LogP contribution in [0.1, 0.15) is 10.5 Å². The van der Waals surface area contributed by atoms with Crippen LogP contribution in [0.4, 0.5) is 0 Å². The van der Waals surface area contributed by atoms with Gasteiger partial charge in [-0.3, -0.25) is 0 Å². The van der Waals surface area contributed by atoms with Gasteiger partial charge in [0, 0.05) is 6.26 Å². The minimum absolute atomic E-state index is 0.204. The minimum atomic E-state index is -3.62. The van der Waals surface area contributed by atoms with E-state index in [4.69, 9.17) is 16.7 Å². The van der Waals surface area contributed by atoms with E-state index in [0.29, 0.717) is 0 Å². The molecule has 8 heteroatoms. The smallest absolute Gasteiger partial charge is 0.356 e. The van der Waals surface area contributed by atoms with Gasteiger partial charge in [0.25, 0.3) is 0 Å². The van der Waals surface area contributed by atoms with Crippen LogP contribution in [0.3, 0.4) is 0 Å². The third-order valence-corrected chi connectivity index (χ3v) is 2.39. The lowest BCUT2D eigenvalue weighted by Gasteiger charge is -1.99. The molecule has 1 N–H and O–H groups in total. The molecule has 1 rings (SSSR count). The Morgan fingerprint density at radius 2 is 2.14 bits per heavy atom. The van der Waals surface area contributed by atoms with Crippen molar-refractivity contribution >= 4 is 27.4 Å². The molecule has 0 atom stereocenters. The van der Waals surface area contributed by atoms with E-state index in [9.17, 15) is 13.2 Å². The molecular formula is C6H5ClN2O4S. The van der Waals surface area contributed by atoms with Crippen molar-refractivity contribution in [1.82, 2.24) is 9.97 Å².